The van der Waals surface area contributed by atoms with Crippen LogP contribution in [-0.4, -0.2) is 38.1 Å². The number of benzene rings is 2. The second-order valence-electron chi connectivity index (χ2n) is 6.76. The summed E-state index contributed by atoms with van der Waals surface area (Å²) in [6.07, 6.45) is 1.84. The Morgan fingerprint density at radius 1 is 1.19 bits per heavy atom. The lowest BCUT2D eigenvalue weighted by Crippen LogP contribution is -2.34. The zero-order chi connectivity index (χ0) is 18.9. The zero-order valence-electron chi connectivity index (χ0n) is 15.3. The summed E-state index contributed by atoms with van der Waals surface area (Å²) in [6, 6.07) is 15.1. The third kappa shape index (κ3) is 3.60. The molecule has 2 aromatic carbocycles. The summed E-state index contributed by atoms with van der Waals surface area (Å²) in [7, 11) is -3.32. The molecule has 0 aliphatic carbocycles. The Kier molecular flexibility index (Phi) is 5.05. The number of hydrogen-bond donors (Lipinski definition) is 0. The van der Waals surface area contributed by atoms with Crippen molar-refractivity contribution in [2.24, 2.45) is 0 Å². The third-order valence-corrected chi connectivity index (χ3v) is 5.99. The lowest BCUT2D eigenvalue weighted by Gasteiger charge is -2.23. The van der Waals surface area contributed by atoms with E-state index in [1.807, 2.05) is 50.2 Å². The molecule has 138 valence electrons. The molecule has 1 aliphatic rings. The Morgan fingerprint density at radius 2 is 1.88 bits per heavy atom. The van der Waals surface area contributed by atoms with Crippen molar-refractivity contribution in [2.75, 3.05) is 17.1 Å². The molecule has 1 unspecified atom stereocenters. The van der Waals surface area contributed by atoms with E-state index in [0.29, 0.717) is 30.8 Å². The minimum Gasteiger partial charge on any atom is -0.335 e. The number of rotatable bonds is 5. The first-order valence-electron chi connectivity index (χ1n) is 8.76. The first-order valence-corrected chi connectivity index (χ1v) is 10.6. The van der Waals surface area contributed by atoms with Crippen molar-refractivity contribution in [2.45, 2.75) is 32.9 Å². The van der Waals surface area contributed by atoms with Crippen LogP contribution in [0.2, 0.25) is 0 Å². The van der Waals surface area contributed by atoms with E-state index < -0.39 is 10.0 Å². The summed E-state index contributed by atoms with van der Waals surface area (Å²) in [5.74, 6) is -0.0374. The van der Waals surface area contributed by atoms with Gasteiger partial charge < -0.3 is 4.90 Å². The van der Waals surface area contributed by atoms with Gasteiger partial charge in [0.05, 0.1) is 11.9 Å². The van der Waals surface area contributed by atoms with Gasteiger partial charge in [0.25, 0.3) is 5.91 Å². The number of anilines is 1. The van der Waals surface area contributed by atoms with Crippen molar-refractivity contribution in [1.29, 1.82) is 0 Å². The lowest BCUT2D eigenvalue weighted by atomic mass is 10.1. The molecule has 1 amide bonds. The largest absolute Gasteiger partial charge is 0.335 e. The predicted molar refractivity (Wildman–Crippen MR) is 104 cm³/mol. The van der Waals surface area contributed by atoms with Crippen LogP contribution in [0.15, 0.2) is 48.5 Å². The van der Waals surface area contributed by atoms with Crippen LogP contribution in [0.4, 0.5) is 5.69 Å². The normalized spacial score (nSPS) is 16.4. The molecule has 2 aromatic rings. The molecule has 6 heteroatoms. The maximum Gasteiger partial charge on any atom is 0.254 e. The number of hydrogen-bond acceptors (Lipinski definition) is 3. The second kappa shape index (κ2) is 7.11. The first kappa shape index (κ1) is 18.5. The van der Waals surface area contributed by atoms with Crippen LogP contribution in [0.3, 0.4) is 0 Å². The van der Waals surface area contributed by atoms with Crippen molar-refractivity contribution in [3.8, 4) is 0 Å². The lowest BCUT2D eigenvalue weighted by molar-refractivity contribution is 0.0752. The quantitative estimate of drug-likeness (QED) is 0.810. The predicted octanol–water partition coefficient (Wildman–Crippen LogP) is 3.06. The molecule has 1 atom stereocenters. The molecule has 1 heterocycles. The Morgan fingerprint density at radius 3 is 2.50 bits per heavy atom. The summed E-state index contributed by atoms with van der Waals surface area (Å²) in [4.78, 5) is 14.7. The fourth-order valence-corrected chi connectivity index (χ4v) is 4.82. The monoisotopic (exact) mass is 372 g/mol. The molecule has 0 saturated carbocycles. The maximum atomic E-state index is 12.9. The standard InChI is InChI=1S/C20H24N2O3S/c1-4-21(14-16-8-6-5-7-9-16)20(23)17-10-11-19-18(13-17)12-15(2)22(19)26(3,24)25/h5-11,13,15H,4,12,14H2,1-3H3. The van der Waals surface area contributed by atoms with Gasteiger partial charge in [0.1, 0.15) is 0 Å². The minimum atomic E-state index is -3.32. The number of fused-ring (bicyclic) bond motifs is 1. The summed E-state index contributed by atoms with van der Waals surface area (Å²) in [6.45, 7) is 5.01. The van der Waals surface area contributed by atoms with E-state index in [1.54, 1.807) is 17.0 Å². The van der Waals surface area contributed by atoms with E-state index in [2.05, 4.69) is 0 Å². The van der Waals surface area contributed by atoms with E-state index in [4.69, 9.17) is 0 Å². The highest BCUT2D eigenvalue weighted by Gasteiger charge is 2.33. The van der Waals surface area contributed by atoms with Gasteiger partial charge in [0.15, 0.2) is 0 Å². The van der Waals surface area contributed by atoms with Gasteiger partial charge in [0.2, 0.25) is 10.0 Å². The summed E-state index contributed by atoms with van der Waals surface area (Å²) in [5.41, 5.74) is 3.28. The highest BCUT2D eigenvalue weighted by molar-refractivity contribution is 7.92. The average molecular weight is 372 g/mol. The molecular weight excluding hydrogens is 348 g/mol. The fourth-order valence-electron chi connectivity index (χ4n) is 3.55. The Balaban J connectivity index is 1.86. The second-order valence-corrected chi connectivity index (χ2v) is 8.62. The van der Waals surface area contributed by atoms with Crippen LogP contribution in [0.25, 0.3) is 0 Å². The van der Waals surface area contributed by atoms with Gasteiger partial charge in [-0.15, -0.1) is 0 Å². The number of carbonyl (C=O) groups is 1. The van der Waals surface area contributed by atoms with Gasteiger partial charge in [-0.2, -0.15) is 0 Å². The molecule has 1 aliphatic heterocycles. The van der Waals surface area contributed by atoms with E-state index in [9.17, 15) is 13.2 Å². The fraction of sp³-hybridized carbons (Fsp3) is 0.350. The van der Waals surface area contributed by atoms with Crippen LogP contribution in [0, 0.1) is 0 Å². The van der Waals surface area contributed by atoms with Gasteiger partial charge in [-0.25, -0.2) is 8.42 Å². The van der Waals surface area contributed by atoms with Crippen LogP contribution in [0.1, 0.15) is 35.3 Å². The van der Waals surface area contributed by atoms with Crippen molar-refractivity contribution in [3.05, 3.63) is 65.2 Å². The van der Waals surface area contributed by atoms with Gasteiger partial charge in [-0.3, -0.25) is 9.10 Å². The maximum absolute atomic E-state index is 12.9. The number of carbonyl (C=O) groups excluding carboxylic acids is 1. The Bertz CT molecular complexity index is 910. The Labute approximate surface area is 155 Å². The molecule has 3 rings (SSSR count). The summed E-state index contributed by atoms with van der Waals surface area (Å²) in [5, 5.41) is 0. The topological polar surface area (TPSA) is 57.7 Å². The number of sulfonamides is 1. The van der Waals surface area contributed by atoms with Gasteiger partial charge >= 0.3 is 0 Å². The molecular formula is C20H24N2O3S. The van der Waals surface area contributed by atoms with E-state index in [-0.39, 0.29) is 11.9 Å². The third-order valence-electron chi connectivity index (χ3n) is 4.72. The SMILES string of the molecule is CCN(Cc1ccccc1)C(=O)c1ccc2c(c1)CC(C)N2S(C)(=O)=O. The van der Waals surface area contributed by atoms with Crippen molar-refractivity contribution < 1.29 is 13.2 Å². The number of nitrogens with zero attached hydrogens (tertiary/aromatic N) is 2. The van der Waals surface area contributed by atoms with Gasteiger partial charge in [0, 0.05) is 24.7 Å². The van der Waals surface area contributed by atoms with E-state index >= 15 is 0 Å². The van der Waals surface area contributed by atoms with Crippen LogP contribution in [0.5, 0.6) is 0 Å². The summed E-state index contributed by atoms with van der Waals surface area (Å²) >= 11 is 0. The number of amides is 1. The molecule has 0 spiro atoms. The molecule has 0 saturated heterocycles. The highest BCUT2D eigenvalue weighted by Crippen LogP contribution is 2.35. The highest BCUT2D eigenvalue weighted by atomic mass is 32.2. The van der Waals surface area contributed by atoms with Crippen molar-refractivity contribution >= 4 is 21.6 Å². The molecule has 0 aromatic heterocycles. The van der Waals surface area contributed by atoms with Gasteiger partial charge in [-0.1, -0.05) is 30.3 Å². The first-order chi connectivity index (χ1) is 12.3. The molecule has 0 fully saturated rings. The summed E-state index contributed by atoms with van der Waals surface area (Å²) < 4.78 is 25.5. The van der Waals surface area contributed by atoms with Crippen molar-refractivity contribution in [3.63, 3.8) is 0 Å². The van der Waals surface area contributed by atoms with Crippen molar-refractivity contribution in [1.82, 2.24) is 4.90 Å². The van der Waals surface area contributed by atoms with Crippen LogP contribution < -0.4 is 4.31 Å². The smallest absolute Gasteiger partial charge is 0.254 e. The van der Waals surface area contributed by atoms with Gasteiger partial charge in [-0.05, 0) is 49.6 Å². The van der Waals surface area contributed by atoms with Crippen LogP contribution >= 0.6 is 0 Å². The average Bonchev–Trinajstić information content (AvgIpc) is 2.95. The molecule has 0 N–H and O–H groups in total. The molecule has 0 radical (unpaired) electrons. The Hall–Kier alpha value is -2.34. The van der Waals surface area contributed by atoms with E-state index in [1.165, 1.54) is 10.6 Å². The van der Waals surface area contributed by atoms with Crippen LogP contribution in [-0.2, 0) is 23.0 Å². The molecule has 0 bridgehead atoms. The molecule has 26 heavy (non-hydrogen) atoms. The van der Waals surface area contributed by atoms with E-state index in [0.717, 1.165) is 11.1 Å². The minimum absolute atomic E-state index is 0.0374. The zero-order valence-corrected chi connectivity index (χ0v) is 16.2. The molecule has 5 nitrogen and oxygen atoms in total.